The fraction of sp³-hybridized carbons (Fsp3) is 0.684. The van der Waals surface area contributed by atoms with Crippen molar-refractivity contribution in [3.05, 3.63) is 17.5 Å². The fourth-order valence-corrected chi connectivity index (χ4v) is 6.97. The van der Waals surface area contributed by atoms with Crippen LogP contribution < -0.4 is 5.32 Å². The van der Waals surface area contributed by atoms with Crippen molar-refractivity contribution in [3.8, 4) is 0 Å². The minimum atomic E-state index is -3.38. The van der Waals surface area contributed by atoms with Gasteiger partial charge in [0, 0.05) is 26.2 Å². The van der Waals surface area contributed by atoms with Gasteiger partial charge in [0.15, 0.2) is 5.11 Å². The van der Waals surface area contributed by atoms with Crippen LogP contribution in [0.2, 0.25) is 0 Å². The predicted molar refractivity (Wildman–Crippen MR) is 117 cm³/mol. The molecule has 0 bridgehead atoms. The molecule has 1 atom stereocenters. The molecule has 0 aromatic carbocycles. The molecule has 0 radical (unpaired) electrons. The standard InChI is InChI=1S/C19H29N3O4S3/c1-14(2)16(17(23)26-3)20-18(27)21-9-6-19(13-21)7-10-22(11-8-19)29(24,25)15-5-4-12-28-15/h4-5,12,14,16H,6-11,13H2,1-3H3,(H,20,27). The maximum atomic E-state index is 12.8. The van der Waals surface area contributed by atoms with E-state index < -0.39 is 16.1 Å². The van der Waals surface area contributed by atoms with Crippen molar-refractivity contribution in [3.63, 3.8) is 0 Å². The molecule has 29 heavy (non-hydrogen) atoms. The Labute approximate surface area is 182 Å². The lowest BCUT2D eigenvalue weighted by Gasteiger charge is -2.38. The van der Waals surface area contributed by atoms with Crippen LogP contribution in [-0.4, -0.2) is 68.0 Å². The summed E-state index contributed by atoms with van der Waals surface area (Å²) in [5.74, 6) is -0.258. The third kappa shape index (κ3) is 4.76. The summed E-state index contributed by atoms with van der Waals surface area (Å²) in [6.45, 7) is 6.57. The van der Waals surface area contributed by atoms with Gasteiger partial charge < -0.3 is 15.0 Å². The molecule has 1 unspecified atom stereocenters. The van der Waals surface area contributed by atoms with Crippen molar-refractivity contribution in [1.29, 1.82) is 0 Å². The van der Waals surface area contributed by atoms with E-state index in [0.717, 1.165) is 32.4 Å². The Morgan fingerprint density at radius 1 is 1.28 bits per heavy atom. The van der Waals surface area contributed by atoms with Crippen molar-refractivity contribution in [2.45, 2.75) is 43.4 Å². The van der Waals surface area contributed by atoms with E-state index >= 15 is 0 Å². The van der Waals surface area contributed by atoms with Gasteiger partial charge in [-0.3, -0.25) is 0 Å². The summed E-state index contributed by atoms with van der Waals surface area (Å²) in [5.41, 5.74) is 0.0752. The molecule has 0 saturated carbocycles. The lowest BCUT2D eigenvalue weighted by atomic mass is 9.78. The molecule has 1 aromatic heterocycles. The quantitative estimate of drug-likeness (QED) is 0.535. The average Bonchev–Trinajstić information content (AvgIpc) is 3.36. The van der Waals surface area contributed by atoms with Gasteiger partial charge in [0.25, 0.3) is 10.0 Å². The smallest absolute Gasteiger partial charge is 0.328 e. The van der Waals surface area contributed by atoms with E-state index in [1.54, 1.807) is 21.8 Å². The van der Waals surface area contributed by atoms with Crippen LogP contribution in [0.5, 0.6) is 0 Å². The highest BCUT2D eigenvalue weighted by molar-refractivity contribution is 7.91. The van der Waals surface area contributed by atoms with Crippen LogP contribution in [0.4, 0.5) is 0 Å². The van der Waals surface area contributed by atoms with Gasteiger partial charge in [0.2, 0.25) is 0 Å². The number of nitrogens with zero attached hydrogens (tertiary/aromatic N) is 2. The van der Waals surface area contributed by atoms with Crippen molar-refractivity contribution < 1.29 is 17.9 Å². The summed E-state index contributed by atoms with van der Waals surface area (Å²) in [5, 5.41) is 5.52. The number of hydrogen-bond donors (Lipinski definition) is 1. The summed E-state index contributed by atoms with van der Waals surface area (Å²) in [7, 11) is -2.00. The highest BCUT2D eigenvalue weighted by Gasteiger charge is 2.44. The number of thiocarbonyl (C=S) groups is 1. The number of likely N-dealkylation sites (tertiary alicyclic amines) is 1. The Morgan fingerprint density at radius 3 is 2.48 bits per heavy atom. The Kier molecular flexibility index (Phi) is 6.87. The molecule has 10 heteroatoms. The number of hydrogen-bond acceptors (Lipinski definition) is 6. The summed E-state index contributed by atoms with van der Waals surface area (Å²) in [4.78, 5) is 14.1. The normalized spacial score (nSPS) is 20.8. The minimum absolute atomic E-state index is 0.0580. The number of methoxy groups -OCH3 is 1. The summed E-state index contributed by atoms with van der Waals surface area (Å²) >= 11 is 6.83. The lowest BCUT2D eigenvalue weighted by Crippen LogP contribution is -2.50. The SMILES string of the molecule is COC(=O)C(NC(=S)N1CCC2(CCN(S(=O)(=O)c3cccs3)CC2)C1)C(C)C. The monoisotopic (exact) mass is 459 g/mol. The number of piperidine rings is 1. The molecule has 2 fully saturated rings. The Hall–Kier alpha value is -1.23. The number of carbonyl (C=O) groups is 1. The molecular formula is C19H29N3O4S3. The topological polar surface area (TPSA) is 79.0 Å². The Bertz CT molecular complexity index is 831. The fourth-order valence-electron chi connectivity index (χ4n) is 4.10. The number of esters is 1. The van der Waals surface area contributed by atoms with Crippen LogP contribution in [0.1, 0.15) is 33.1 Å². The molecule has 2 aliphatic rings. The van der Waals surface area contributed by atoms with E-state index in [4.69, 9.17) is 17.0 Å². The average molecular weight is 460 g/mol. The second kappa shape index (κ2) is 8.87. The van der Waals surface area contributed by atoms with Crippen LogP contribution in [0.3, 0.4) is 0 Å². The molecule has 1 aromatic rings. The zero-order valence-electron chi connectivity index (χ0n) is 17.1. The summed E-state index contributed by atoms with van der Waals surface area (Å²) < 4.78 is 32.4. The molecule has 7 nitrogen and oxygen atoms in total. The van der Waals surface area contributed by atoms with Crippen molar-refractivity contribution >= 4 is 44.7 Å². The molecular weight excluding hydrogens is 430 g/mol. The van der Waals surface area contributed by atoms with Gasteiger partial charge in [-0.25, -0.2) is 13.2 Å². The van der Waals surface area contributed by atoms with E-state index in [0.29, 0.717) is 22.4 Å². The highest BCUT2D eigenvalue weighted by atomic mass is 32.2. The number of nitrogens with one attached hydrogen (secondary N) is 1. The van der Waals surface area contributed by atoms with Crippen molar-refractivity contribution in [2.75, 3.05) is 33.3 Å². The van der Waals surface area contributed by atoms with Crippen LogP contribution in [0.15, 0.2) is 21.7 Å². The van der Waals surface area contributed by atoms with Gasteiger partial charge in [-0.2, -0.15) is 4.31 Å². The molecule has 0 aliphatic carbocycles. The van der Waals surface area contributed by atoms with E-state index in [-0.39, 0.29) is 17.3 Å². The van der Waals surface area contributed by atoms with Gasteiger partial charge in [0.05, 0.1) is 7.11 Å². The molecule has 162 valence electrons. The summed E-state index contributed by atoms with van der Waals surface area (Å²) in [6, 6.07) is 2.96. The maximum absolute atomic E-state index is 12.8. The molecule has 2 saturated heterocycles. The first-order chi connectivity index (χ1) is 13.7. The van der Waals surface area contributed by atoms with Gasteiger partial charge in [-0.1, -0.05) is 19.9 Å². The third-order valence-corrected chi connectivity index (χ3v) is 9.65. The first-order valence-electron chi connectivity index (χ1n) is 9.85. The molecule has 3 rings (SSSR count). The maximum Gasteiger partial charge on any atom is 0.328 e. The summed E-state index contributed by atoms with van der Waals surface area (Å²) in [6.07, 6.45) is 2.62. The number of rotatable bonds is 5. The number of sulfonamides is 1. The van der Waals surface area contributed by atoms with E-state index in [2.05, 4.69) is 10.2 Å². The second-order valence-electron chi connectivity index (χ2n) is 8.20. The number of ether oxygens (including phenoxy) is 1. The Morgan fingerprint density at radius 2 is 1.93 bits per heavy atom. The largest absolute Gasteiger partial charge is 0.467 e. The third-order valence-electron chi connectivity index (χ3n) is 6.00. The van der Waals surface area contributed by atoms with Crippen LogP contribution >= 0.6 is 23.6 Å². The van der Waals surface area contributed by atoms with Gasteiger partial charge >= 0.3 is 5.97 Å². The van der Waals surface area contributed by atoms with Crippen molar-refractivity contribution in [1.82, 2.24) is 14.5 Å². The van der Waals surface area contributed by atoms with E-state index in [1.165, 1.54) is 18.4 Å². The predicted octanol–water partition coefficient (Wildman–Crippen LogP) is 2.30. The number of carbonyl (C=O) groups excluding carboxylic acids is 1. The number of thiophene rings is 1. The Balaban J connectivity index is 1.58. The first-order valence-corrected chi connectivity index (χ1v) is 12.6. The first kappa shape index (κ1) is 22.5. The van der Waals surface area contributed by atoms with E-state index in [9.17, 15) is 13.2 Å². The van der Waals surface area contributed by atoms with Gasteiger partial charge in [0.1, 0.15) is 10.3 Å². The molecule has 3 heterocycles. The van der Waals surface area contributed by atoms with Crippen molar-refractivity contribution in [2.24, 2.45) is 11.3 Å². The molecule has 2 aliphatic heterocycles. The molecule has 0 amide bonds. The van der Waals surface area contributed by atoms with E-state index in [1.807, 2.05) is 13.8 Å². The second-order valence-corrected chi connectivity index (χ2v) is 11.7. The highest BCUT2D eigenvalue weighted by Crippen LogP contribution is 2.41. The zero-order valence-corrected chi connectivity index (χ0v) is 19.5. The minimum Gasteiger partial charge on any atom is -0.467 e. The van der Waals surface area contributed by atoms with Gasteiger partial charge in [-0.05, 0) is 54.3 Å². The van der Waals surface area contributed by atoms with Crippen LogP contribution in [0, 0.1) is 11.3 Å². The van der Waals surface area contributed by atoms with Crippen LogP contribution in [0.25, 0.3) is 0 Å². The molecule has 1 N–H and O–H groups in total. The lowest BCUT2D eigenvalue weighted by molar-refractivity contribution is -0.143. The molecule has 1 spiro atoms. The van der Waals surface area contributed by atoms with Gasteiger partial charge in [-0.15, -0.1) is 11.3 Å². The van der Waals surface area contributed by atoms with Crippen LogP contribution in [-0.2, 0) is 19.6 Å². The zero-order chi connectivity index (χ0) is 21.2.